The van der Waals surface area contributed by atoms with Gasteiger partial charge >= 0.3 is 6.18 Å². The second-order valence-corrected chi connectivity index (χ2v) is 1.83. The molecule has 0 bridgehead atoms. The maximum atomic E-state index is 11.6. The van der Waals surface area contributed by atoms with Crippen LogP contribution in [0.4, 0.5) is 13.2 Å². The zero-order valence-electron chi connectivity index (χ0n) is 5.07. The van der Waals surface area contributed by atoms with Gasteiger partial charge in [-0.15, -0.1) is 0 Å². The van der Waals surface area contributed by atoms with E-state index in [0.717, 1.165) is 0 Å². The fourth-order valence-corrected chi connectivity index (χ4v) is 0.464. The second-order valence-electron chi connectivity index (χ2n) is 1.83. The van der Waals surface area contributed by atoms with Crippen molar-refractivity contribution in [2.24, 2.45) is 5.92 Å². The minimum atomic E-state index is -4.23. The molecule has 4 heteroatoms. The number of aliphatic hydroxyl groups excluding tert-OH is 1. The van der Waals surface area contributed by atoms with Gasteiger partial charge in [-0.1, -0.05) is 6.92 Å². The number of aliphatic hydroxyl groups is 1. The molecule has 0 aromatic carbocycles. The highest BCUT2D eigenvalue weighted by Gasteiger charge is 2.37. The van der Waals surface area contributed by atoms with E-state index in [1.807, 2.05) is 0 Å². The average Bonchev–Trinajstić information content (AvgIpc) is 1.65. The van der Waals surface area contributed by atoms with Crippen molar-refractivity contribution in [2.45, 2.75) is 19.5 Å². The molecule has 1 nitrogen and oxygen atoms in total. The van der Waals surface area contributed by atoms with Crippen molar-refractivity contribution in [3.05, 3.63) is 0 Å². The van der Waals surface area contributed by atoms with Gasteiger partial charge < -0.3 is 5.11 Å². The van der Waals surface area contributed by atoms with E-state index in [0.29, 0.717) is 0 Å². The summed E-state index contributed by atoms with van der Waals surface area (Å²) in [5.74, 6) is -1.54. The molecular formula is C5H9F3O. The molecule has 0 saturated carbocycles. The summed E-state index contributed by atoms with van der Waals surface area (Å²) < 4.78 is 34.7. The standard InChI is InChI=1S/C5H9F3O/c1-2-4(3-9)5(6,7)8/h4,9H,2-3H2,1H3/t4-/m1/s1. The van der Waals surface area contributed by atoms with Crippen molar-refractivity contribution in [3.8, 4) is 0 Å². The summed E-state index contributed by atoms with van der Waals surface area (Å²) in [6.45, 7) is 0.592. The van der Waals surface area contributed by atoms with E-state index in [4.69, 9.17) is 5.11 Å². The Morgan fingerprint density at radius 1 is 1.44 bits per heavy atom. The Bertz CT molecular complexity index is 74.8. The molecule has 0 unspecified atom stereocenters. The van der Waals surface area contributed by atoms with Crippen molar-refractivity contribution in [2.75, 3.05) is 6.61 Å². The van der Waals surface area contributed by atoms with E-state index in [-0.39, 0.29) is 6.42 Å². The summed E-state index contributed by atoms with van der Waals surface area (Å²) in [5, 5.41) is 8.14. The van der Waals surface area contributed by atoms with Crippen LogP contribution in [0.2, 0.25) is 0 Å². The molecule has 0 fully saturated rings. The smallest absolute Gasteiger partial charge is 0.393 e. The van der Waals surface area contributed by atoms with Crippen LogP contribution in [0.15, 0.2) is 0 Å². The van der Waals surface area contributed by atoms with E-state index in [9.17, 15) is 13.2 Å². The van der Waals surface area contributed by atoms with Crippen molar-refractivity contribution in [3.63, 3.8) is 0 Å². The quantitative estimate of drug-likeness (QED) is 0.620. The molecule has 0 aliphatic heterocycles. The minimum absolute atomic E-state index is 0.0556. The number of hydrogen-bond acceptors (Lipinski definition) is 1. The van der Waals surface area contributed by atoms with E-state index in [1.54, 1.807) is 0 Å². The van der Waals surface area contributed by atoms with E-state index < -0.39 is 18.7 Å². The number of halogens is 3. The third-order valence-corrected chi connectivity index (χ3v) is 1.18. The van der Waals surface area contributed by atoms with Crippen LogP contribution in [0.25, 0.3) is 0 Å². The molecule has 0 aliphatic carbocycles. The van der Waals surface area contributed by atoms with Crippen LogP contribution < -0.4 is 0 Å². The normalized spacial score (nSPS) is 15.7. The summed E-state index contributed by atoms with van der Waals surface area (Å²) >= 11 is 0. The molecule has 0 saturated heterocycles. The van der Waals surface area contributed by atoms with Crippen LogP contribution in [-0.2, 0) is 0 Å². The summed E-state index contributed by atoms with van der Waals surface area (Å²) in [6.07, 6.45) is -4.29. The molecule has 56 valence electrons. The first-order chi connectivity index (χ1) is 4.02. The van der Waals surface area contributed by atoms with Crippen LogP contribution in [0.3, 0.4) is 0 Å². The maximum absolute atomic E-state index is 11.6. The number of rotatable bonds is 2. The Labute approximate surface area is 51.5 Å². The van der Waals surface area contributed by atoms with Crippen LogP contribution >= 0.6 is 0 Å². The Morgan fingerprint density at radius 2 is 1.89 bits per heavy atom. The minimum Gasteiger partial charge on any atom is -0.396 e. The Morgan fingerprint density at radius 3 is 1.89 bits per heavy atom. The van der Waals surface area contributed by atoms with E-state index in [1.165, 1.54) is 6.92 Å². The zero-order chi connectivity index (χ0) is 7.49. The highest BCUT2D eigenvalue weighted by molar-refractivity contribution is 4.63. The van der Waals surface area contributed by atoms with E-state index >= 15 is 0 Å². The van der Waals surface area contributed by atoms with Crippen LogP contribution in [0.5, 0.6) is 0 Å². The first-order valence-electron chi connectivity index (χ1n) is 2.70. The lowest BCUT2D eigenvalue weighted by molar-refractivity contribution is -0.184. The molecular weight excluding hydrogens is 133 g/mol. The van der Waals surface area contributed by atoms with Crippen molar-refractivity contribution in [1.29, 1.82) is 0 Å². The fraction of sp³-hybridized carbons (Fsp3) is 1.00. The molecule has 1 atom stereocenters. The predicted octanol–water partition coefficient (Wildman–Crippen LogP) is 1.57. The lowest BCUT2D eigenvalue weighted by Crippen LogP contribution is -2.25. The van der Waals surface area contributed by atoms with Gasteiger partial charge in [0.25, 0.3) is 0 Å². The van der Waals surface area contributed by atoms with Gasteiger partial charge in [0.15, 0.2) is 0 Å². The predicted molar refractivity (Wildman–Crippen MR) is 26.9 cm³/mol. The summed E-state index contributed by atoms with van der Waals surface area (Å²) in [6, 6.07) is 0. The third kappa shape index (κ3) is 2.70. The lowest BCUT2D eigenvalue weighted by atomic mass is 10.1. The Balaban J connectivity index is 3.79. The van der Waals surface area contributed by atoms with Crippen molar-refractivity contribution >= 4 is 0 Å². The van der Waals surface area contributed by atoms with Gasteiger partial charge in [-0.2, -0.15) is 13.2 Å². The second kappa shape index (κ2) is 3.06. The first kappa shape index (κ1) is 8.75. The third-order valence-electron chi connectivity index (χ3n) is 1.18. The van der Waals surface area contributed by atoms with Crippen molar-refractivity contribution in [1.82, 2.24) is 0 Å². The zero-order valence-corrected chi connectivity index (χ0v) is 5.07. The van der Waals surface area contributed by atoms with Gasteiger partial charge in [-0.25, -0.2) is 0 Å². The fourth-order valence-electron chi connectivity index (χ4n) is 0.464. The van der Waals surface area contributed by atoms with Gasteiger partial charge in [0.05, 0.1) is 12.5 Å². The van der Waals surface area contributed by atoms with Gasteiger partial charge in [-0.05, 0) is 6.42 Å². The van der Waals surface area contributed by atoms with Crippen LogP contribution in [0, 0.1) is 5.92 Å². The molecule has 0 aromatic heterocycles. The SMILES string of the molecule is CC[C@H](CO)C(F)(F)F. The Hall–Kier alpha value is -0.250. The average molecular weight is 142 g/mol. The molecule has 0 aromatic rings. The summed E-state index contributed by atoms with van der Waals surface area (Å²) in [7, 11) is 0. The maximum Gasteiger partial charge on any atom is 0.393 e. The monoisotopic (exact) mass is 142 g/mol. The molecule has 0 rings (SSSR count). The molecule has 0 aliphatic rings. The van der Waals surface area contributed by atoms with Gasteiger partial charge in [0.2, 0.25) is 0 Å². The molecule has 0 spiro atoms. The highest BCUT2D eigenvalue weighted by Crippen LogP contribution is 2.27. The largest absolute Gasteiger partial charge is 0.396 e. The summed E-state index contributed by atoms with van der Waals surface area (Å²) in [4.78, 5) is 0. The molecule has 9 heavy (non-hydrogen) atoms. The highest BCUT2D eigenvalue weighted by atomic mass is 19.4. The van der Waals surface area contributed by atoms with Crippen LogP contribution in [-0.4, -0.2) is 17.9 Å². The number of hydrogen-bond donors (Lipinski definition) is 1. The number of alkyl halides is 3. The van der Waals surface area contributed by atoms with E-state index in [2.05, 4.69) is 0 Å². The van der Waals surface area contributed by atoms with Gasteiger partial charge in [0.1, 0.15) is 0 Å². The molecule has 0 amide bonds. The molecule has 1 N–H and O–H groups in total. The molecule has 0 radical (unpaired) electrons. The lowest BCUT2D eigenvalue weighted by Gasteiger charge is -2.14. The molecule has 0 heterocycles. The first-order valence-corrected chi connectivity index (χ1v) is 2.70. The topological polar surface area (TPSA) is 20.2 Å². The van der Waals surface area contributed by atoms with Crippen molar-refractivity contribution < 1.29 is 18.3 Å². The van der Waals surface area contributed by atoms with Crippen LogP contribution in [0.1, 0.15) is 13.3 Å². The summed E-state index contributed by atoms with van der Waals surface area (Å²) in [5.41, 5.74) is 0. The Kier molecular flexibility index (Phi) is 2.97. The van der Waals surface area contributed by atoms with Gasteiger partial charge in [0, 0.05) is 0 Å². The van der Waals surface area contributed by atoms with Gasteiger partial charge in [-0.3, -0.25) is 0 Å².